The van der Waals surface area contributed by atoms with Crippen molar-refractivity contribution in [3.63, 3.8) is 0 Å². The first kappa shape index (κ1) is 19.3. The van der Waals surface area contributed by atoms with Crippen molar-refractivity contribution in [2.75, 3.05) is 33.7 Å². The molecule has 0 aliphatic carbocycles. The number of carbonyl (C=O) groups excluding carboxylic acids is 1. The van der Waals surface area contributed by atoms with E-state index >= 15 is 0 Å². The van der Waals surface area contributed by atoms with Crippen LogP contribution < -0.4 is 0 Å². The maximum atomic E-state index is 12.5. The number of hydrogen-bond acceptors (Lipinski definition) is 4. The minimum atomic E-state index is -0.0512. The lowest BCUT2D eigenvalue weighted by atomic mass is 10.0. The number of rotatable bonds is 6. The van der Waals surface area contributed by atoms with Gasteiger partial charge in [0.05, 0.1) is 23.5 Å². The molecule has 150 valence electrons. The average molecular weight is 390 g/mol. The number of benzene rings is 1. The molecule has 1 amide bonds. The molecule has 1 aromatic carbocycles. The normalized spacial score (nSPS) is 14.3. The molecule has 1 aliphatic heterocycles. The Hall–Kier alpha value is -2.99. The number of likely N-dealkylation sites (tertiary alicyclic amines) is 1. The molecule has 0 atom stereocenters. The first-order valence-corrected chi connectivity index (χ1v) is 10.1. The molecule has 6 nitrogen and oxygen atoms in total. The van der Waals surface area contributed by atoms with Crippen LogP contribution in [0, 0.1) is 0 Å². The van der Waals surface area contributed by atoms with Crippen LogP contribution in [0.15, 0.2) is 54.9 Å². The largest absolute Gasteiger partial charge is 0.345 e. The summed E-state index contributed by atoms with van der Waals surface area (Å²) < 4.78 is 2.02. The second-order valence-corrected chi connectivity index (χ2v) is 7.69. The van der Waals surface area contributed by atoms with E-state index in [-0.39, 0.29) is 5.91 Å². The van der Waals surface area contributed by atoms with Gasteiger partial charge in [-0.1, -0.05) is 18.2 Å². The Bertz CT molecular complexity index is 988. The van der Waals surface area contributed by atoms with Gasteiger partial charge in [0.15, 0.2) is 0 Å². The molecule has 1 saturated heterocycles. The fourth-order valence-electron chi connectivity index (χ4n) is 3.76. The van der Waals surface area contributed by atoms with E-state index in [2.05, 4.69) is 16.0 Å². The van der Waals surface area contributed by atoms with E-state index in [0.717, 1.165) is 29.9 Å². The van der Waals surface area contributed by atoms with Crippen LogP contribution in [0.2, 0.25) is 0 Å². The van der Waals surface area contributed by atoms with E-state index in [1.165, 1.54) is 25.9 Å². The van der Waals surface area contributed by atoms with E-state index in [9.17, 15) is 4.79 Å². The van der Waals surface area contributed by atoms with Crippen LogP contribution >= 0.6 is 0 Å². The SMILES string of the molecule is CN(C)C(=O)c1cccnc1-c1cccc(-c2ccn(CCN3CCCC3)n2)c1. The molecule has 2 aromatic heterocycles. The topological polar surface area (TPSA) is 54.3 Å². The van der Waals surface area contributed by atoms with Gasteiger partial charge in [0, 0.05) is 44.2 Å². The van der Waals surface area contributed by atoms with Gasteiger partial charge in [-0.3, -0.25) is 14.5 Å². The minimum Gasteiger partial charge on any atom is -0.345 e. The summed E-state index contributed by atoms with van der Waals surface area (Å²) in [6.45, 7) is 4.36. The summed E-state index contributed by atoms with van der Waals surface area (Å²) in [5.74, 6) is -0.0512. The zero-order chi connectivity index (χ0) is 20.2. The molecule has 0 unspecified atom stereocenters. The molecule has 0 saturated carbocycles. The highest BCUT2D eigenvalue weighted by Gasteiger charge is 2.16. The molecule has 1 fully saturated rings. The lowest BCUT2D eigenvalue weighted by Crippen LogP contribution is -2.24. The summed E-state index contributed by atoms with van der Waals surface area (Å²) in [5.41, 5.74) is 4.17. The molecule has 0 bridgehead atoms. The van der Waals surface area contributed by atoms with Crippen LogP contribution in [-0.4, -0.2) is 64.2 Å². The van der Waals surface area contributed by atoms with Crippen LogP contribution in [-0.2, 0) is 6.54 Å². The highest BCUT2D eigenvalue weighted by Crippen LogP contribution is 2.27. The molecular weight excluding hydrogens is 362 g/mol. The zero-order valence-corrected chi connectivity index (χ0v) is 17.1. The predicted octanol–water partition coefficient (Wildman–Crippen LogP) is 3.41. The van der Waals surface area contributed by atoms with Crippen molar-refractivity contribution in [1.82, 2.24) is 24.6 Å². The summed E-state index contributed by atoms with van der Waals surface area (Å²) in [6, 6.07) is 13.8. The van der Waals surface area contributed by atoms with Gasteiger partial charge in [0.2, 0.25) is 0 Å². The van der Waals surface area contributed by atoms with E-state index in [0.29, 0.717) is 11.3 Å². The van der Waals surface area contributed by atoms with Crippen molar-refractivity contribution in [3.05, 3.63) is 60.4 Å². The molecule has 3 aromatic rings. The zero-order valence-electron chi connectivity index (χ0n) is 17.1. The Morgan fingerprint density at radius 3 is 2.62 bits per heavy atom. The number of aromatic nitrogens is 3. The van der Waals surface area contributed by atoms with Gasteiger partial charge in [-0.25, -0.2) is 0 Å². The number of nitrogens with zero attached hydrogens (tertiary/aromatic N) is 5. The lowest BCUT2D eigenvalue weighted by Gasteiger charge is -2.14. The summed E-state index contributed by atoms with van der Waals surface area (Å²) in [6.07, 6.45) is 6.38. The first-order valence-electron chi connectivity index (χ1n) is 10.1. The second kappa shape index (κ2) is 8.57. The summed E-state index contributed by atoms with van der Waals surface area (Å²) in [5, 5.41) is 4.76. The van der Waals surface area contributed by atoms with Crippen LogP contribution in [0.25, 0.3) is 22.5 Å². The quantitative estimate of drug-likeness (QED) is 0.648. The summed E-state index contributed by atoms with van der Waals surface area (Å²) in [7, 11) is 3.51. The van der Waals surface area contributed by atoms with Gasteiger partial charge in [0.25, 0.3) is 5.91 Å². The lowest BCUT2D eigenvalue weighted by molar-refractivity contribution is 0.0828. The third kappa shape index (κ3) is 4.38. The predicted molar refractivity (Wildman–Crippen MR) is 115 cm³/mol. The van der Waals surface area contributed by atoms with Crippen LogP contribution in [0.3, 0.4) is 0 Å². The molecule has 6 heteroatoms. The summed E-state index contributed by atoms with van der Waals surface area (Å²) in [4.78, 5) is 21.1. The third-order valence-electron chi connectivity index (χ3n) is 5.36. The Balaban J connectivity index is 1.56. The smallest absolute Gasteiger partial charge is 0.255 e. The van der Waals surface area contributed by atoms with Crippen molar-refractivity contribution in [3.8, 4) is 22.5 Å². The molecule has 3 heterocycles. The van der Waals surface area contributed by atoms with Crippen molar-refractivity contribution in [2.24, 2.45) is 0 Å². The Labute approximate surface area is 171 Å². The van der Waals surface area contributed by atoms with Gasteiger partial charge in [0.1, 0.15) is 0 Å². The molecule has 29 heavy (non-hydrogen) atoms. The van der Waals surface area contributed by atoms with Crippen molar-refractivity contribution < 1.29 is 4.79 Å². The Kier molecular flexibility index (Phi) is 5.71. The number of carbonyl (C=O) groups is 1. The first-order chi connectivity index (χ1) is 14.1. The van der Waals surface area contributed by atoms with Gasteiger partial charge >= 0.3 is 0 Å². The fraction of sp³-hybridized carbons (Fsp3) is 0.348. The Morgan fingerprint density at radius 1 is 1.03 bits per heavy atom. The molecular formula is C23H27N5O. The molecule has 4 rings (SSSR count). The van der Waals surface area contributed by atoms with E-state index in [4.69, 9.17) is 5.10 Å². The number of amides is 1. The van der Waals surface area contributed by atoms with Crippen LogP contribution in [0.1, 0.15) is 23.2 Å². The van der Waals surface area contributed by atoms with Gasteiger partial charge in [-0.2, -0.15) is 5.10 Å². The molecule has 1 aliphatic rings. The van der Waals surface area contributed by atoms with Crippen molar-refractivity contribution >= 4 is 5.91 Å². The van der Waals surface area contributed by atoms with Crippen LogP contribution in [0.5, 0.6) is 0 Å². The van der Waals surface area contributed by atoms with Gasteiger partial charge < -0.3 is 9.80 Å². The van der Waals surface area contributed by atoms with Gasteiger partial charge in [-0.15, -0.1) is 0 Å². The number of hydrogen-bond donors (Lipinski definition) is 0. The van der Waals surface area contributed by atoms with E-state index < -0.39 is 0 Å². The standard InChI is InChI=1S/C23H27N5O/c1-26(2)23(29)20-9-6-11-24-22(20)19-8-5-7-18(17-19)21-10-14-28(25-21)16-15-27-12-3-4-13-27/h5-11,14,17H,3-4,12-13,15-16H2,1-2H3. The minimum absolute atomic E-state index is 0.0512. The van der Waals surface area contributed by atoms with Crippen LogP contribution in [0.4, 0.5) is 0 Å². The van der Waals surface area contributed by atoms with E-state index in [1.54, 1.807) is 31.3 Å². The monoisotopic (exact) mass is 389 g/mol. The maximum Gasteiger partial charge on any atom is 0.255 e. The fourth-order valence-corrected chi connectivity index (χ4v) is 3.76. The highest BCUT2D eigenvalue weighted by molar-refractivity contribution is 5.99. The van der Waals surface area contributed by atoms with Gasteiger partial charge in [-0.05, 0) is 50.2 Å². The second-order valence-electron chi connectivity index (χ2n) is 7.69. The molecule has 0 N–H and O–H groups in total. The highest BCUT2D eigenvalue weighted by atomic mass is 16.2. The van der Waals surface area contributed by atoms with Crippen molar-refractivity contribution in [1.29, 1.82) is 0 Å². The Morgan fingerprint density at radius 2 is 1.83 bits per heavy atom. The van der Waals surface area contributed by atoms with Crippen molar-refractivity contribution in [2.45, 2.75) is 19.4 Å². The molecule has 0 radical (unpaired) electrons. The third-order valence-corrected chi connectivity index (χ3v) is 5.36. The van der Waals surface area contributed by atoms with E-state index in [1.807, 2.05) is 41.2 Å². The number of pyridine rings is 1. The average Bonchev–Trinajstić information content (AvgIpc) is 3.44. The molecule has 0 spiro atoms. The summed E-state index contributed by atoms with van der Waals surface area (Å²) >= 11 is 0. The maximum absolute atomic E-state index is 12.5.